The Morgan fingerprint density at radius 2 is 1.45 bits per heavy atom. The van der Waals surface area contributed by atoms with Crippen LogP contribution < -0.4 is 11.5 Å². The van der Waals surface area contributed by atoms with Crippen molar-refractivity contribution in [3.8, 4) is 0 Å². The lowest BCUT2D eigenvalue weighted by Crippen LogP contribution is -2.09. The van der Waals surface area contributed by atoms with Crippen molar-refractivity contribution in [2.24, 2.45) is 0 Å². The van der Waals surface area contributed by atoms with E-state index >= 15 is 0 Å². The second-order valence-electron chi connectivity index (χ2n) is 5.31. The molecule has 0 bridgehead atoms. The van der Waals surface area contributed by atoms with Crippen molar-refractivity contribution in [1.82, 2.24) is 4.57 Å². The molecular weight excluding hydrogens is 278 g/mol. The lowest BCUT2D eigenvalue weighted by atomic mass is 10.1. The third kappa shape index (κ3) is 2.73. The highest BCUT2D eigenvalue weighted by Crippen LogP contribution is 2.31. The monoisotopic (exact) mass is 299 g/mol. The fourth-order valence-corrected chi connectivity index (χ4v) is 2.77. The van der Waals surface area contributed by atoms with Crippen LogP contribution in [0.25, 0.3) is 21.8 Å². The molecule has 1 aromatic heterocycles. The van der Waals surface area contributed by atoms with Gasteiger partial charge in [0, 0.05) is 35.8 Å². The second-order valence-corrected chi connectivity index (χ2v) is 5.31. The number of rotatable bonds is 6. The number of nitrogens with two attached hydrogens (primary N) is 2. The summed E-state index contributed by atoms with van der Waals surface area (Å²) < 4.78 is 12.8. The summed E-state index contributed by atoms with van der Waals surface area (Å²) in [5, 5.41) is 2.36. The molecule has 22 heavy (non-hydrogen) atoms. The summed E-state index contributed by atoms with van der Waals surface area (Å²) in [4.78, 5) is 0. The maximum Gasteiger partial charge on any atom is 0.0701 e. The molecule has 0 atom stereocenters. The highest BCUT2D eigenvalue weighted by atomic mass is 16.5. The van der Waals surface area contributed by atoms with E-state index in [2.05, 4.69) is 16.7 Å². The van der Waals surface area contributed by atoms with Gasteiger partial charge in [-0.3, -0.25) is 0 Å². The van der Waals surface area contributed by atoms with Crippen LogP contribution in [-0.4, -0.2) is 31.5 Å². The lowest BCUT2D eigenvalue weighted by Gasteiger charge is -2.09. The summed E-state index contributed by atoms with van der Waals surface area (Å²) in [5.41, 5.74) is 15.6. The molecule has 0 amide bonds. The van der Waals surface area contributed by atoms with Crippen LogP contribution >= 0.6 is 0 Å². The number of hydrogen-bond donors (Lipinski definition) is 2. The number of nitrogen functional groups attached to an aromatic ring is 2. The number of methoxy groups -OCH3 is 1. The van der Waals surface area contributed by atoms with Gasteiger partial charge in [-0.25, -0.2) is 0 Å². The molecule has 0 aliphatic carbocycles. The Hall–Kier alpha value is -2.24. The first kappa shape index (κ1) is 14.7. The van der Waals surface area contributed by atoms with E-state index in [0.29, 0.717) is 19.8 Å². The van der Waals surface area contributed by atoms with Crippen LogP contribution in [-0.2, 0) is 16.0 Å². The molecule has 0 saturated heterocycles. The Morgan fingerprint density at radius 1 is 0.864 bits per heavy atom. The maximum absolute atomic E-state index is 5.95. The molecular formula is C17H21N3O2. The zero-order valence-corrected chi connectivity index (χ0v) is 12.7. The van der Waals surface area contributed by atoms with Crippen LogP contribution in [0.5, 0.6) is 0 Å². The van der Waals surface area contributed by atoms with Gasteiger partial charge in [-0.1, -0.05) is 12.1 Å². The molecule has 0 spiro atoms. The third-order valence-electron chi connectivity index (χ3n) is 3.81. The summed E-state index contributed by atoms with van der Waals surface area (Å²) in [7, 11) is 1.67. The van der Waals surface area contributed by atoms with Crippen molar-refractivity contribution in [3.05, 3.63) is 36.4 Å². The standard InChI is InChI=1S/C17H21N3O2/c1-21-8-9-22-7-6-20-16-10-12(18)2-4-14(16)15-5-3-13(19)11-17(15)20/h2-5,10-11H,6-9,18-19H2,1H3. The molecule has 1 heterocycles. The van der Waals surface area contributed by atoms with E-state index in [0.717, 1.165) is 29.0 Å². The number of anilines is 2. The zero-order chi connectivity index (χ0) is 15.5. The normalized spacial score (nSPS) is 11.5. The van der Waals surface area contributed by atoms with E-state index in [1.807, 2.05) is 24.3 Å². The van der Waals surface area contributed by atoms with Gasteiger partial charge in [-0.05, 0) is 24.3 Å². The number of benzene rings is 2. The third-order valence-corrected chi connectivity index (χ3v) is 3.81. The highest BCUT2D eigenvalue weighted by molar-refractivity contribution is 6.09. The first-order valence-electron chi connectivity index (χ1n) is 7.34. The minimum Gasteiger partial charge on any atom is -0.399 e. The van der Waals surface area contributed by atoms with Crippen molar-refractivity contribution in [3.63, 3.8) is 0 Å². The average molecular weight is 299 g/mol. The maximum atomic E-state index is 5.95. The van der Waals surface area contributed by atoms with E-state index in [9.17, 15) is 0 Å². The van der Waals surface area contributed by atoms with Crippen molar-refractivity contribution < 1.29 is 9.47 Å². The molecule has 0 aliphatic rings. The molecule has 0 saturated carbocycles. The Kier molecular flexibility index (Phi) is 4.18. The van der Waals surface area contributed by atoms with E-state index in [-0.39, 0.29) is 0 Å². The lowest BCUT2D eigenvalue weighted by molar-refractivity contribution is 0.0673. The van der Waals surface area contributed by atoms with Gasteiger partial charge in [-0.15, -0.1) is 0 Å². The molecule has 0 unspecified atom stereocenters. The first-order chi connectivity index (χ1) is 10.7. The Labute approximate surface area is 129 Å². The van der Waals surface area contributed by atoms with Gasteiger partial charge in [-0.2, -0.15) is 0 Å². The van der Waals surface area contributed by atoms with E-state index in [1.165, 1.54) is 10.8 Å². The van der Waals surface area contributed by atoms with Crippen molar-refractivity contribution in [2.45, 2.75) is 6.54 Å². The Balaban J connectivity index is 2.00. The van der Waals surface area contributed by atoms with Gasteiger partial charge in [0.05, 0.1) is 30.9 Å². The van der Waals surface area contributed by atoms with E-state index < -0.39 is 0 Å². The van der Waals surface area contributed by atoms with Crippen molar-refractivity contribution >= 4 is 33.2 Å². The van der Waals surface area contributed by atoms with Gasteiger partial charge < -0.3 is 25.5 Å². The van der Waals surface area contributed by atoms with Crippen LogP contribution in [0.3, 0.4) is 0 Å². The molecule has 0 radical (unpaired) electrons. The quantitative estimate of drug-likeness (QED) is 0.542. The second kappa shape index (κ2) is 6.25. The topological polar surface area (TPSA) is 75.4 Å². The molecule has 3 rings (SSSR count). The number of nitrogens with zero attached hydrogens (tertiary/aromatic N) is 1. The smallest absolute Gasteiger partial charge is 0.0701 e. The van der Waals surface area contributed by atoms with Crippen LogP contribution in [0.15, 0.2) is 36.4 Å². The summed E-state index contributed by atoms with van der Waals surface area (Å²) >= 11 is 0. The number of aromatic nitrogens is 1. The molecule has 116 valence electrons. The average Bonchev–Trinajstić information content (AvgIpc) is 2.79. The fraction of sp³-hybridized carbons (Fsp3) is 0.294. The van der Waals surface area contributed by atoms with Crippen LogP contribution in [0.1, 0.15) is 0 Å². The van der Waals surface area contributed by atoms with Gasteiger partial charge in [0.15, 0.2) is 0 Å². The summed E-state index contributed by atoms with van der Waals surface area (Å²) in [6, 6.07) is 12.0. The van der Waals surface area contributed by atoms with Crippen LogP contribution in [0, 0.1) is 0 Å². The summed E-state index contributed by atoms with van der Waals surface area (Å²) in [6.07, 6.45) is 0. The summed E-state index contributed by atoms with van der Waals surface area (Å²) in [6.45, 7) is 2.56. The largest absolute Gasteiger partial charge is 0.399 e. The fourth-order valence-electron chi connectivity index (χ4n) is 2.77. The molecule has 0 fully saturated rings. The van der Waals surface area contributed by atoms with E-state index in [4.69, 9.17) is 20.9 Å². The zero-order valence-electron chi connectivity index (χ0n) is 12.7. The van der Waals surface area contributed by atoms with Gasteiger partial charge in [0.2, 0.25) is 0 Å². The molecule has 5 nitrogen and oxygen atoms in total. The van der Waals surface area contributed by atoms with Gasteiger partial charge in [0.25, 0.3) is 0 Å². The van der Waals surface area contributed by atoms with Crippen molar-refractivity contribution in [1.29, 1.82) is 0 Å². The van der Waals surface area contributed by atoms with Crippen LogP contribution in [0.2, 0.25) is 0 Å². The number of hydrogen-bond acceptors (Lipinski definition) is 4. The van der Waals surface area contributed by atoms with Crippen molar-refractivity contribution in [2.75, 3.05) is 38.4 Å². The minimum absolute atomic E-state index is 0.595. The molecule has 0 aliphatic heterocycles. The molecule has 5 heteroatoms. The predicted molar refractivity (Wildman–Crippen MR) is 91.0 cm³/mol. The number of fused-ring (bicyclic) bond motifs is 3. The molecule has 2 aromatic carbocycles. The highest BCUT2D eigenvalue weighted by Gasteiger charge is 2.11. The predicted octanol–water partition coefficient (Wildman–Crippen LogP) is 2.62. The van der Waals surface area contributed by atoms with E-state index in [1.54, 1.807) is 7.11 Å². The minimum atomic E-state index is 0.595. The first-order valence-corrected chi connectivity index (χ1v) is 7.34. The SMILES string of the molecule is COCCOCCn1c2cc(N)ccc2c2ccc(N)cc21. The summed E-state index contributed by atoms with van der Waals surface area (Å²) in [5.74, 6) is 0. The number of ether oxygens (including phenoxy) is 2. The van der Waals surface area contributed by atoms with Gasteiger partial charge >= 0.3 is 0 Å². The Morgan fingerprint density at radius 3 is 2.00 bits per heavy atom. The van der Waals surface area contributed by atoms with Crippen LogP contribution in [0.4, 0.5) is 11.4 Å². The van der Waals surface area contributed by atoms with Gasteiger partial charge in [0.1, 0.15) is 0 Å². The Bertz CT molecular complexity index is 736. The molecule has 4 N–H and O–H groups in total. The molecule has 3 aromatic rings.